The highest BCUT2D eigenvalue weighted by molar-refractivity contribution is 7.13. The van der Waals surface area contributed by atoms with Crippen molar-refractivity contribution in [3.8, 4) is 0 Å². The van der Waals surface area contributed by atoms with Crippen LogP contribution in [-0.2, 0) is 6.54 Å². The molecule has 2 aromatic rings. The van der Waals surface area contributed by atoms with Crippen molar-refractivity contribution in [1.29, 1.82) is 0 Å². The fourth-order valence-corrected chi connectivity index (χ4v) is 2.48. The molecule has 17 heavy (non-hydrogen) atoms. The molecule has 0 atom stereocenters. The van der Waals surface area contributed by atoms with Crippen LogP contribution in [0.15, 0.2) is 35.7 Å². The molecule has 0 aliphatic heterocycles. The van der Waals surface area contributed by atoms with E-state index in [1.54, 1.807) is 11.3 Å². The maximum absolute atomic E-state index is 9.12. The SMILES string of the molecule is Cc1csc(N(CCO)Cc2ccccc2)n1. The van der Waals surface area contributed by atoms with Crippen molar-refractivity contribution in [2.45, 2.75) is 13.5 Å². The van der Waals surface area contributed by atoms with Crippen molar-refractivity contribution in [2.24, 2.45) is 0 Å². The highest BCUT2D eigenvalue weighted by atomic mass is 32.1. The zero-order valence-electron chi connectivity index (χ0n) is 9.84. The summed E-state index contributed by atoms with van der Waals surface area (Å²) in [5, 5.41) is 12.1. The number of rotatable bonds is 5. The Labute approximate surface area is 105 Å². The molecule has 1 aromatic carbocycles. The van der Waals surface area contributed by atoms with Crippen LogP contribution in [0, 0.1) is 6.92 Å². The highest BCUT2D eigenvalue weighted by Crippen LogP contribution is 2.21. The van der Waals surface area contributed by atoms with Crippen LogP contribution in [0.3, 0.4) is 0 Å². The van der Waals surface area contributed by atoms with Gasteiger partial charge in [-0.2, -0.15) is 0 Å². The van der Waals surface area contributed by atoms with Gasteiger partial charge < -0.3 is 10.0 Å². The molecule has 2 rings (SSSR count). The van der Waals surface area contributed by atoms with Crippen molar-refractivity contribution in [3.05, 3.63) is 47.0 Å². The predicted octanol–water partition coefficient (Wildman–Crippen LogP) is 2.45. The van der Waals surface area contributed by atoms with E-state index in [1.807, 2.05) is 30.5 Å². The van der Waals surface area contributed by atoms with Gasteiger partial charge in [0.1, 0.15) is 0 Å². The van der Waals surface area contributed by atoms with Gasteiger partial charge in [0.25, 0.3) is 0 Å². The van der Waals surface area contributed by atoms with E-state index in [1.165, 1.54) is 5.56 Å². The van der Waals surface area contributed by atoms with Gasteiger partial charge in [0.2, 0.25) is 0 Å². The molecule has 90 valence electrons. The van der Waals surface area contributed by atoms with Crippen LogP contribution < -0.4 is 4.90 Å². The standard InChI is InChI=1S/C13H16N2OS/c1-11-10-17-13(14-11)15(7-8-16)9-12-5-3-2-4-6-12/h2-6,10,16H,7-9H2,1H3. The number of aryl methyl sites for hydroxylation is 1. The van der Waals surface area contributed by atoms with E-state index in [-0.39, 0.29) is 6.61 Å². The minimum absolute atomic E-state index is 0.144. The quantitative estimate of drug-likeness (QED) is 0.883. The van der Waals surface area contributed by atoms with Gasteiger partial charge in [-0.25, -0.2) is 4.98 Å². The van der Waals surface area contributed by atoms with Gasteiger partial charge in [-0.15, -0.1) is 11.3 Å². The molecule has 0 spiro atoms. The van der Waals surface area contributed by atoms with Crippen LogP contribution in [0.25, 0.3) is 0 Å². The minimum atomic E-state index is 0.144. The van der Waals surface area contributed by atoms with E-state index in [0.29, 0.717) is 6.54 Å². The molecule has 0 radical (unpaired) electrons. The van der Waals surface area contributed by atoms with Crippen LogP contribution in [-0.4, -0.2) is 23.2 Å². The molecule has 0 amide bonds. The van der Waals surface area contributed by atoms with Crippen LogP contribution in [0.5, 0.6) is 0 Å². The number of nitrogens with zero attached hydrogens (tertiary/aromatic N) is 2. The van der Waals surface area contributed by atoms with E-state index in [4.69, 9.17) is 5.11 Å². The third kappa shape index (κ3) is 3.28. The highest BCUT2D eigenvalue weighted by Gasteiger charge is 2.10. The fraction of sp³-hybridized carbons (Fsp3) is 0.308. The lowest BCUT2D eigenvalue weighted by Gasteiger charge is -2.20. The maximum Gasteiger partial charge on any atom is 0.185 e. The largest absolute Gasteiger partial charge is 0.395 e. The predicted molar refractivity (Wildman–Crippen MR) is 71.4 cm³/mol. The summed E-state index contributed by atoms with van der Waals surface area (Å²) in [6.45, 7) is 3.53. The average Bonchev–Trinajstić information content (AvgIpc) is 2.77. The zero-order chi connectivity index (χ0) is 12.1. The normalized spacial score (nSPS) is 10.5. The van der Waals surface area contributed by atoms with E-state index in [0.717, 1.165) is 17.4 Å². The topological polar surface area (TPSA) is 36.4 Å². The van der Waals surface area contributed by atoms with Gasteiger partial charge in [0.05, 0.1) is 12.3 Å². The van der Waals surface area contributed by atoms with Crippen molar-refractivity contribution in [2.75, 3.05) is 18.1 Å². The number of hydrogen-bond acceptors (Lipinski definition) is 4. The Morgan fingerprint density at radius 1 is 1.29 bits per heavy atom. The van der Waals surface area contributed by atoms with E-state index in [9.17, 15) is 0 Å². The summed E-state index contributed by atoms with van der Waals surface area (Å²) in [6, 6.07) is 10.2. The Bertz CT molecular complexity index is 455. The van der Waals surface area contributed by atoms with Crippen molar-refractivity contribution in [3.63, 3.8) is 0 Å². The first-order valence-corrected chi connectivity index (χ1v) is 6.49. The van der Waals surface area contributed by atoms with Gasteiger partial charge in [-0.1, -0.05) is 30.3 Å². The lowest BCUT2D eigenvalue weighted by atomic mass is 10.2. The number of anilines is 1. The number of hydrogen-bond donors (Lipinski definition) is 1. The van der Waals surface area contributed by atoms with E-state index < -0.39 is 0 Å². The lowest BCUT2D eigenvalue weighted by molar-refractivity contribution is 0.301. The van der Waals surface area contributed by atoms with Gasteiger partial charge in [0, 0.05) is 18.5 Å². The molecule has 0 saturated carbocycles. The molecule has 4 heteroatoms. The smallest absolute Gasteiger partial charge is 0.185 e. The van der Waals surface area contributed by atoms with E-state index in [2.05, 4.69) is 22.0 Å². The molecule has 1 heterocycles. The molecule has 0 saturated heterocycles. The molecule has 0 unspecified atom stereocenters. The summed E-state index contributed by atoms with van der Waals surface area (Å²) in [5.74, 6) is 0. The average molecular weight is 248 g/mol. The van der Waals surface area contributed by atoms with Crippen molar-refractivity contribution in [1.82, 2.24) is 4.98 Å². The lowest BCUT2D eigenvalue weighted by Crippen LogP contribution is -2.25. The number of aliphatic hydroxyl groups excluding tert-OH is 1. The third-order valence-corrected chi connectivity index (χ3v) is 3.48. The molecule has 0 bridgehead atoms. The molecule has 0 aliphatic rings. The summed E-state index contributed by atoms with van der Waals surface area (Å²) < 4.78 is 0. The second-order valence-corrected chi connectivity index (χ2v) is 4.74. The number of thiazole rings is 1. The monoisotopic (exact) mass is 248 g/mol. The minimum Gasteiger partial charge on any atom is -0.395 e. The van der Waals surface area contributed by atoms with Crippen LogP contribution in [0.2, 0.25) is 0 Å². The zero-order valence-corrected chi connectivity index (χ0v) is 10.7. The Hall–Kier alpha value is -1.39. The molecular weight excluding hydrogens is 232 g/mol. The van der Waals surface area contributed by atoms with Gasteiger partial charge >= 0.3 is 0 Å². The second kappa shape index (κ2) is 5.80. The molecule has 3 nitrogen and oxygen atoms in total. The Morgan fingerprint density at radius 2 is 2.06 bits per heavy atom. The van der Waals surface area contributed by atoms with Crippen molar-refractivity contribution >= 4 is 16.5 Å². The third-order valence-electron chi connectivity index (χ3n) is 2.46. The summed E-state index contributed by atoms with van der Waals surface area (Å²) in [5.41, 5.74) is 2.26. The first-order chi connectivity index (χ1) is 8.29. The van der Waals surface area contributed by atoms with Gasteiger partial charge in [0.15, 0.2) is 5.13 Å². The maximum atomic E-state index is 9.12. The summed E-state index contributed by atoms with van der Waals surface area (Å²) >= 11 is 1.62. The Kier molecular flexibility index (Phi) is 4.12. The second-order valence-electron chi connectivity index (χ2n) is 3.90. The molecule has 1 aromatic heterocycles. The fourth-order valence-electron chi connectivity index (χ4n) is 1.65. The molecule has 1 N–H and O–H groups in total. The summed E-state index contributed by atoms with van der Waals surface area (Å²) in [6.07, 6.45) is 0. The number of benzene rings is 1. The molecule has 0 fully saturated rings. The van der Waals surface area contributed by atoms with Crippen LogP contribution in [0.4, 0.5) is 5.13 Å². The number of aromatic nitrogens is 1. The van der Waals surface area contributed by atoms with Crippen LogP contribution in [0.1, 0.15) is 11.3 Å². The van der Waals surface area contributed by atoms with Crippen molar-refractivity contribution < 1.29 is 5.11 Å². The first-order valence-electron chi connectivity index (χ1n) is 5.61. The van der Waals surface area contributed by atoms with Gasteiger partial charge in [-0.3, -0.25) is 0 Å². The van der Waals surface area contributed by atoms with E-state index >= 15 is 0 Å². The summed E-state index contributed by atoms with van der Waals surface area (Å²) in [7, 11) is 0. The first kappa shape index (κ1) is 12.1. The van der Waals surface area contributed by atoms with Gasteiger partial charge in [-0.05, 0) is 12.5 Å². The summed E-state index contributed by atoms with van der Waals surface area (Å²) in [4.78, 5) is 6.56. The Morgan fingerprint density at radius 3 is 2.65 bits per heavy atom. The molecular formula is C13H16N2OS. The molecule has 0 aliphatic carbocycles. The Balaban J connectivity index is 2.13. The number of aliphatic hydroxyl groups is 1. The van der Waals surface area contributed by atoms with Crippen LogP contribution >= 0.6 is 11.3 Å².